The monoisotopic (exact) mass is 429 g/mol. The minimum atomic E-state index is -4.73. The Hall–Kier alpha value is -2.78. The molecule has 0 saturated carbocycles. The van der Waals surface area contributed by atoms with Crippen molar-refractivity contribution in [1.82, 2.24) is 14.8 Å². The van der Waals surface area contributed by atoms with E-state index < -0.39 is 29.1 Å². The van der Waals surface area contributed by atoms with Crippen molar-refractivity contribution in [3.05, 3.63) is 29.1 Å². The molecule has 2 heterocycles. The summed E-state index contributed by atoms with van der Waals surface area (Å²) in [5, 5.41) is 4.25. The molecule has 0 radical (unpaired) electrons. The molecule has 7 nitrogen and oxygen atoms in total. The van der Waals surface area contributed by atoms with Gasteiger partial charge in [0.05, 0.1) is 24.4 Å². The number of pyridine rings is 1. The van der Waals surface area contributed by atoms with E-state index in [0.717, 1.165) is 12.3 Å². The van der Waals surface area contributed by atoms with Crippen molar-refractivity contribution < 1.29 is 32.2 Å². The Bertz CT molecular complexity index is 915. The zero-order valence-electron chi connectivity index (χ0n) is 18.0. The van der Waals surface area contributed by atoms with Crippen LogP contribution in [-0.4, -0.2) is 33.4 Å². The summed E-state index contributed by atoms with van der Waals surface area (Å²) in [7, 11) is 0. The number of carbonyl (C=O) groups excluding carboxylic acids is 1. The summed E-state index contributed by atoms with van der Waals surface area (Å²) < 4.78 is 58.1. The van der Waals surface area contributed by atoms with Gasteiger partial charge in [0, 0.05) is 5.56 Å². The molecule has 2 aromatic rings. The molecule has 166 valence electrons. The Balaban J connectivity index is 2.59. The SMILES string of the molecule is CCOc1cnc(Oc2c(C)c(C(=O)OC(C)C)nn2C(C)(C)C)c(C(F)(F)F)c1. The lowest BCUT2D eigenvalue weighted by Crippen LogP contribution is -2.24. The lowest BCUT2D eigenvalue weighted by Gasteiger charge is -2.22. The Morgan fingerprint density at radius 1 is 1.23 bits per heavy atom. The normalized spacial score (nSPS) is 12.2. The standard InChI is InChI=1S/C20H26F3N3O4/c1-8-28-13-9-14(20(21,22)23)16(24-10-13)30-17-12(4)15(18(27)29-11(2)3)25-26(17)19(5,6)7/h9-11H,8H2,1-7H3. The molecule has 0 spiro atoms. The summed E-state index contributed by atoms with van der Waals surface area (Å²) in [4.78, 5) is 16.2. The van der Waals surface area contributed by atoms with E-state index in [9.17, 15) is 18.0 Å². The molecule has 30 heavy (non-hydrogen) atoms. The molecular weight excluding hydrogens is 403 g/mol. The first kappa shape index (κ1) is 23.5. The number of ether oxygens (including phenoxy) is 3. The minimum absolute atomic E-state index is 0.0274. The van der Waals surface area contributed by atoms with Crippen molar-refractivity contribution >= 4 is 5.97 Å². The second-order valence-electron chi connectivity index (χ2n) is 7.87. The predicted molar refractivity (Wildman–Crippen MR) is 103 cm³/mol. The van der Waals surface area contributed by atoms with E-state index in [-0.39, 0.29) is 35.6 Å². The molecule has 0 saturated heterocycles. The van der Waals surface area contributed by atoms with Crippen molar-refractivity contribution in [2.75, 3.05) is 6.61 Å². The lowest BCUT2D eigenvalue weighted by atomic mass is 10.1. The highest BCUT2D eigenvalue weighted by atomic mass is 19.4. The third-order valence-corrected chi connectivity index (χ3v) is 3.88. The van der Waals surface area contributed by atoms with Crippen LogP contribution in [0.15, 0.2) is 12.3 Å². The average molecular weight is 429 g/mol. The van der Waals surface area contributed by atoms with Gasteiger partial charge in [-0.3, -0.25) is 0 Å². The molecule has 0 aromatic carbocycles. The van der Waals surface area contributed by atoms with Gasteiger partial charge in [0.1, 0.15) is 11.3 Å². The van der Waals surface area contributed by atoms with Crippen LogP contribution in [0.5, 0.6) is 17.5 Å². The number of carbonyl (C=O) groups is 1. The summed E-state index contributed by atoms with van der Waals surface area (Å²) in [5.41, 5.74) is -1.58. The number of nitrogens with zero attached hydrogens (tertiary/aromatic N) is 3. The highest BCUT2D eigenvalue weighted by molar-refractivity contribution is 5.89. The van der Waals surface area contributed by atoms with E-state index in [1.807, 2.05) is 0 Å². The number of alkyl halides is 3. The van der Waals surface area contributed by atoms with Gasteiger partial charge in [-0.1, -0.05) is 0 Å². The number of esters is 1. The van der Waals surface area contributed by atoms with Crippen LogP contribution in [0.2, 0.25) is 0 Å². The minimum Gasteiger partial charge on any atom is -0.492 e. The third kappa shape index (κ3) is 5.22. The first-order valence-electron chi connectivity index (χ1n) is 9.44. The summed E-state index contributed by atoms with van der Waals surface area (Å²) >= 11 is 0. The van der Waals surface area contributed by atoms with Crippen LogP contribution in [0.1, 0.15) is 63.2 Å². The average Bonchev–Trinajstić information content (AvgIpc) is 2.92. The smallest absolute Gasteiger partial charge is 0.421 e. The maximum absolute atomic E-state index is 13.6. The summed E-state index contributed by atoms with van der Waals surface area (Å²) in [6.45, 7) is 12.1. The lowest BCUT2D eigenvalue weighted by molar-refractivity contribution is -0.139. The molecule has 10 heteroatoms. The molecule has 0 atom stereocenters. The Morgan fingerprint density at radius 2 is 1.87 bits per heavy atom. The van der Waals surface area contributed by atoms with E-state index in [2.05, 4.69) is 10.1 Å². The van der Waals surface area contributed by atoms with Gasteiger partial charge in [0.2, 0.25) is 11.8 Å². The van der Waals surface area contributed by atoms with Gasteiger partial charge in [-0.15, -0.1) is 0 Å². The molecular formula is C20H26F3N3O4. The van der Waals surface area contributed by atoms with Gasteiger partial charge in [0.15, 0.2) is 5.69 Å². The predicted octanol–water partition coefficient (Wildman–Crippen LogP) is 5.12. The maximum Gasteiger partial charge on any atom is 0.421 e. The summed E-state index contributed by atoms with van der Waals surface area (Å²) in [6.07, 6.45) is -3.96. The first-order valence-corrected chi connectivity index (χ1v) is 9.44. The van der Waals surface area contributed by atoms with Gasteiger partial charge < -0.3 is 14.2 Å². The molecule has 2 rings (SSSR count). The summed E-state index contributed by atoms with van der Waals surface area (Å²) in [6, 6.07) is 0.826. The zero-order valence-corrected chi connectivity index (χ0v) is 18.0. The molecule has 0 aliphatic rings. The largest absolute Gasteiger partial charge is 0.492 e. The van der Waals surface area contributed by atoms with Crippen molar-refractivity contribution in [2.45, 2.75) is 66.3 Å². The van der Waals surface area contributed by atoms with Crippen LogP contribution in [0, 0.1) is 6.92 Å². The molecule has 2 aromatic heterocycles. The van der Waals surface area contributed by atoms with Gasteiger partial charge >= 0.3 is 12.1 Å². The first-order chi connectivity index (χ1) is 13.8. The fourth-order valence-electron chi connectivity index (χ4n) is 2.57. The van der Waals surface area contributed by atoms with Crippen molar-refractivity contribution in [3.63, 3.8) is 0 Å². The number of hydrogen-bond donors (Lipinski definition) is 0. The van der Waals surface area contributed by atoms with Crippen LogP contribution in [0.3, 0.4) is 0 Å². The van der Waals surface area contributed by atoms with Crippen LogP contribution < -0.4 is 9.47 Å². The van der Waals surface area contributed by atoms with E-state index in [0.29, 0.717) is 0 Å². The molecule has 0 aliphatic heterocycles. The number of hydrogen-bond acceptors (Lipinski definition) is 6. The fraction of sp³-hybridized carbons (Fsp3) is 0.550. The summed E-state index contributed by atoms with van der Waals surface area (Å²) in [5.74, 6) is -1.41. The van der Waals surface area contributed by atoms with E-state index in [1.54, 1.807) is 41.5 Å². The zero-order chi connectivity index (χ0) is 22.9. The Labute approximate surface area is 173 Å². The fourth-order valence-corrected chi connectivity index (χ4v) is 2.57. The Kier molecular flexibility index (Phi) is 6.68. The highest BCUT2D eigenvalue weighted by Crippen LogP contribution is 2.40. The molecule has 0 N–H and O–H groups in total. The third-order valence-electron chi connectivity index (χ3n) is 3.88. The number of aromatic nitrogens is 3. The van der Waals surface area contributed by atoms with E-state index in [1.165, 1.54) is 11.6 Å². The second kappa shape index (κ2) is 8.53. The number of halogens is 3. The quantitative estimate of drug-likeness (QED) is 0.594. The van der Waals surface area contributed by atoms with Gasteiger partial charge in [-0.2, -0.15) is 18.3 Å². The van der Waals surface area contributed by atoms with Crippen molar-refractivity contribution in [1.29, 1.82) is 0 Å². The second-order valence-corrected chi connectivity index (χ2v) is 7.87. The van der Waals surface area contributed by atoms with Crippen LogP contribution in [0.4, 0.5) is 13.2 Å². The van der Waals surface area contributed by atoms with Crippen molar-refractivity contribution in [3.8, 4) is 17.5 Å². The topological polar surface area (TPSA) is 75.5 Å². The highest BCUT2D eigenvalue weighted by Gasteiger charge is 2.37. The van der Waals surface area contributed by atoms with E-state index in [4.69, 9.17) is 14.2 Å². The maximum atomic E-state index is 13.6. The van der Waals surface area contributed by atoms with Crippen LogP contribution >= 0.6 is 0 Å². The van der Waals surface area contributed by atoms with Gasteiger partial charge in [0.25, 0.3) is 0 Å². The van der Waals surface area contributed by atoms with Crippen LogP contribution in [0.25, 0.3) is 0 Å². The molecule has 0 unspecified atom stereocenters. The van der Waals surface area contributed by atoms with E-state index >= 15 is 0 Å². The Morgan fingerprint density at radius 3 is 2.37 bits per heavy atom. The molecule has 0 aliphatic carbocycles. The molecule has 0 bridgehead atoms. The number of rotatable bonds is 6. The molecule has 0 amide bonds. The van der Waals surface area contributed by atoms with Crippen molar-refractivity contribution in [2.24, 2.45) is 0 Å². The van der Waals surface area contributed by atoms with Gasteiger partial charge in [-0.05, 0) is 54.5 Å². The van der Waals surface area contributed by atoms with Crippen LogP contribution in [-0.2, 0) is 16.5 Å². The van der Waals surface area contributed by atoms with Gasteiger partial charge in [-0.25, -0.2) is 14.5 Å². The molecule has 0 fully saturated rings.